The monoisotopic (exact) mass is 1740 g/mol. The van der Waals surface area contributed by atoms with Gasteiger partial charge in [-0.25, -0.2) is 33.6 Å². The molecule has 35 atom stereocenters. The van der Waals surface area contributed by atoms with Crippen molar-refractivity contribution >= 4 is 41.8 Å². The molecule has 0 radical (unpaired) electrons. The minimum absolute atomic E-state index is 0.630. The molecule has 21 rings (SSSR count). The van der Waals surface area contributed by atoms with Crippen LogP contribution in [0.5, 0.6) is 0 Å². The van der Waals surface area contributed by atoms with E-state index in [0.29, 0.717) is 0 Å². The standard InChI is InChI=1S/C70H112O49/c1-85-50-43-29(15-99-22-36(71)72)106-64(57(50)92-8)114-44-30(16-100-23-37(73)74)108-66(59(94-10)51(44)86-2)116-46-32(18-102-25-39(77)78)110-68(61(96-12)53(46)88-4)118-48-34(20-104-27-41(81)82)112-70(63(98-14)55(48)90-6)119-49-35(21-105-28-42(83)84)111-69(62(97-13)56(49)91-7)117-47-33(19-103-26-40(79)80)109-67(60(95-11)54(47)89-5)115-45-31(17-101-24-38(75)76)107-65(113-43)58(93-9)52(45)87-3/h29-35,43-70H,15-28H2,1-14H3,(H,71,72)(H,73,74)(H,75,76)(H,77,78)(H,79,80)(H,81,82)(H,83,84)/t29-,30-,31-,32-,33-,34-,35-,43-,44-,45-,46-,47-,48-,49-,50+,51+,52+,53+,54+,55+,56+,57-,58-,59-,60-,61-,62-,63-,64-,65-,66-,67-,68-,69-,70-/m1/s1. The minimum atomic E-state index is -1.68. The molecule has 21 fully saturated rings. The smallest absolute Gasteiger partial charge is 0.329 e. The summed E-state index contributed by atoms with van der Waals surface area (Å²) in [5.41, 5.74) is 0. The number of carboxylic acid groups (broad SMARTS) is 7. The normalized spacial score (nSPS) is 39.8. The number of hydrogen-bond donors (Lipinski definition) is 7. The Hall–Kier alpha value is -5.11. The Morgan fingerprint density at radius 1 is 0.176 bits per heavy atom. The van der Waals surface area contributed by atoms with E-state index >= 15 is 0 Å². The Morgan fingerprint density at radius 2 is 0.277 bits per heavy atom. The van der Waals surface area contributed by atoms with E-state index in [4.69, 9.17) is 166 Å². The van der Waals surface area contributed by atoms with Crippen LogP contribution >= 0.6 is 0 Å². The van der Waals surface area contributed by atoms with Crippen molar-refractivity contribution in [2.75, 3.05) is 192 Å². The fourth-order valence-electron chi connectivity index (χ4n) is 15.5. The number of aliphatic carboxylic acids is 7. The van der Waals surface area contributed by atoms with Crippen LogP contribution in [0, 0.1) is 0 Å². The molecule has 0 aromatic carbocycles. The summed E-state index contributed by atoms with van der Waals surface area (Å²) in [4.78, 5) is 85.3. The van der Waals surface area contributed by atoms with Gasteiger partial charge in [0.15, 0.2) is 44.0 Å². The van der Waals surface area contributed by atoms with Gasteiger partial charge in [0, 0.05) is 99.5 Å². The van der Waals surface area contributed by atoms with Crippen molar-refractivity contribution in [1.29, 1.82) is 0 Å². The van der Waals surface area contributed by atoms with Crippen LogP contribution in [-0.2, 0) is 199 Å². The lowest BCUT2D eigenvalue weighted by molar-refractivity contribution is -0.403. The van der Waals surface area contributed by atoms with Crippen LogP contribution in [0.3, 0.4) is 0 Å². The second-order valence-electron chi connectivity index (χ2n) is 27.7. The zero-order valence-corrected chi connectivity index (χ0v) is 67.9. The predicted octanol–water partition coefficient (Wildman–Crippen LogP) is -5.31. The van der Waals surface area contributed by atoms with Crippen molar-refractivity contribution in [3.63, 3.8) is 0 Å². The Bertz CT molecular complexity index is 2520. The Kier molecular flexibility index (Phi) is 40.9. The molecule has 0 spiro atoms. The highest BCUT2D eigenvalue weighted by Gasteiger charge is 2.63. The van der Waals surface area contributed by atoms with Gasteiger partial charge < -0.3 is 202 Å². The molecule has 21 aliphatic heterocycles. The van der Waals surface area contributed by atoms with E-state index in [-0.39, 0.29) is 0 Å². The van der Waals surface area contributed by atoms with Gasteiger partial charge in [0.25, 0.3) is 0 Å². The molecule has 49 nitrogen and oxygen atoms in total. The molecule has 0 aliphatic carbocycles. The van der Waals surface area contributed by atoms with Crippen molar-refractivity contribution in [3.05, 3.63) is 0 Å². The van der Waals surface area contributed by atoms with Gasteiger partial charge in [0.1, 0.15) is 217 Å². The number of carboxylic acids is 7. The Labute approximate surface area is 682 Å². The zero-order chi connectivity index (χ0) is 86.9. The van der Waals surface area contributed by atoms with Crippen molar-refractivity contribution in [3.8, 4) is 0 Å². The first-order chi connectivity index (χ1) is 57.2. The predicted molar refractivity (Wildman–Crippen MR) is 375 cm³/mol. The maximum Gasteiger partial charge on any atom is 0.329 e. The van der Waals surface area contributed by atoms with E-state index < -0.39 is 349 Å². The molecule has 21 saturated heterocycles. The fraction of sp³-hybridized carbons (Fsp3) is 0.900. The summed E-state index contributed by atoms with van der Waals surface area (Å²) in [5, 5.41) is 69.4. The molecular weight excluding hydrogens is 1620 g/mol. The van der Waals surface area contributed by atoms with Gasteiger partial charge in [0.2, 0.25) is 0 Å². The first kappa shape index (κ1) is 99.3. The summed E-state index contributed by atoms with van der Waals surface area (Å²) in [6, 6.07) is 0. The summed E-state index contributed by atoms with van der Waals surface area (Å²) in [6.45, 7) is -10.7. The average molecular weight is 1740 g/mol. The van der Waals surface area contributed by atoms with Gasteiger partial charge >= 0.3 is 41.8 Å². The summed E-state index contributed by atoms with van der Waals surface area (Å²) < 4.78 is 222. The lowest BCUT2D eigenvalue weighted by atomic mass is 9.94. The van der Waals surface area contributed by atoms with E-state index in [1.807, 2.05) is 0 Å². The lowest BCUT2D eigenvalue weighted by Crippen LogP contribution is -2.69. The SMILES string of the molecule is CO[C@@H]1[C@@H](OC)[C@H]2O[C@H]3[C@H](OC)[C@@H](OC)[C@@H](O[C@H]4[C@H](OC)[C@@H](OC)[C@@H](O[C@H]5[C@H](OC)[C@@H](OC)[C@@H](O[C@H]6[C@H](OC)[C@@H](OC)[C@@H](O[C@H]7[C@H](OC)[C@@H](OC)[C@@H](O[C@H]8[C@H](OC)[C@@H](OC)[C@@H](O[C@@H]1[C@@H](COCC(=O)O)O2)O[C@@H]8COCC(=O)O)O[C@@H]7COCC(=O)O)O[C@@H]6COCC(=O)O)O[C@@H]5COCC(=O)O)O[C@@H]4COCC(=O)O)O[C@@H]3COCC(=O)O. The largest absolute Gasteiger partial charge is 0.480 e. The third-order valence-electron chi connectivity index (χ3n) is 20.5. The molecule has 7 N–H and O–H groups in total. The van der Waals surface area contributed by atoms with Crippen LogP contribution in [0.1, 0.15) is 0 Å². The molecule has 21 aliphatic rings. The quantitative estimate of drug-likeness (QED) is 0.0300. The first-order valence-corrected chi connectivity index (χ1v) is 37.3. The number of carbonyl (C=O) groups is 7. The fourth-order valence-corrected chi connectivity index (χ4v) is 15.5. The zero-order valence-electron chi connectivity index (χ0n) is 67.9. The number of rotatable bonds is 42. The van der Waals surface area contributed by atoms with E-state index in [1.54, 1.807) is 0 Å². The van der Waals surface area contributed by atoms with Gasteiger partial charge in [0.05, 0.1) is 46.2 Å². The molecule has 0 aromatic rings. The number of methoxy groups -OCH3 is 14. The molecule has 0 saturated carbocycles. The molecule has 0 amide bonds. The highest BCUT2D eigenvalue weighted by molar-refractivity contribution is 5.69. The van der Waals surface area contributed by atoms with Crippen molar-refractivity contribution in [2.45, 2.75) is 215 Å². The van der Waals surface area contributed by atoms with E-state index in [0.717, 1.165) is 0 Å². The topological polar surface area (TPSA) is 584 Å². The van der Waals surface area contributed by atoms with Crippen molar-refractivity contribution in [1.82, 2.24) is 0 Å². The molecule has 0 unspecified atom stereocenters. The molecule has 14 bridgehead atoms. The van der Waals surface area contributed by atoms with Gasteiger partial charge in [-0.1, -0.05) is 0 Å². The molecule has 0 aromatic heterocycles. The van der Waals surface area contributed by atoms with Gasteiger partial charge in [-0.15, -0.1) is 0 Å². The van der Waals surface area contributed by atoms with E-state index in [9.17, 15) is 69.3 Å². The third kappa shape index (κ3) is 25.6. The summed E-state index contributed by atoms with van der Waals surface area (Å²) in [6.07, 6.45) is -52.6. The van der Waals surface area contributed by atoms with Crippen LogP contribution < -0.4 is 0 Å². The lowest BCUT2D eigenvalue weighted by Gasteiger charge is -2.52. The average Bonchev–Trinajstić information content (AvgIpc) is 0.796. The maximum atomic E-state index is 12.2. The van der Waals surface area contributed by atoms with Gasteiger partial charge in [-0.3, -0.25) is 0 Å². The highest BCUT2D eigenvalue weighted by atomic mass is 16.8. The molecule has 119 heavy (non-hydrogen) atoms. The first-order valence-electron chi connectivity index (χ1n) is 37.3. The van der Waals surface area contributed by atoms with Crippen LogP contribution in [0.2, 0.25) is 0 Å². The maximum absolute atomic E-state index is 12.2. The number of ether oxygens (including phenoxy) is 35. The molecule has 49 heteroatoms. The second-order valence-corrected chi connectivity index (χ2v) is 27.7. The number of hydrogen-bond acceptors (Lipinski definition) is 42. The van der Waals surface area contributed by atoms with Crippen LogP contribution in [0.15, 0.2) is 0 Å². The molecule has 21 heterocycles. The minimum Gasteiger partial charge on any atom is -0.480 e. The summed E-state index contributed by atoms with van der Waals surface area (Å²) in [5.74, 6) is -9.85. The summed E-state index contributed by atoms with van der Waals surface area (Å²) in [7, 11) is 17.6. The van der Waals surface area contributed by atoms with Gasteiger partial charge in [-0.05, 0) is 0 Å². The van der Waals surface area contributed by atoms with E-state index in [1.165, 1.54) is 99.5 Å². The van der Waals surface area contributed by atoms with Crippen LogP contribution in [0.4, 0.5) is 0 Å². The van der Waals surface area contributed by atoms with Crippen LogP contribution in [0.25, 0.3) is 0 Å². The Morgan fingerprint density at radius 3 is 0.361 bits per heavy atom. The van der Waals surface area contributed by atoms with Crippen molar-refractivity contribution < 1.29 is 235 Å². The van der Waals surface area contributed by atoms with Crippen molar-refractivity contribution in [2.24, 2.45) is 0 Å². The highest BCUT2D eigenvalue weighted by Crippen LogP contribution is 2.43. The molecule has 686 valence electrons. The molecular formula is C70H112O49. The van der Waals surface area contributed by atoms with Gasteiger partial charge in [-0.2, -0.15) is 0 Å². The Balaban J connectivity index is 1.32. The van der Waals surface area contributed by atoms with Crippen LogP contribution in [-0.4, -0.2) is 485 Å². The third-order valence-corrected chi connectivity index (χ3v) is 20.5. The van der Waals surface area contributed by atoms with E-state index in [2.05, 4.69) is 0 Å². The summed E-state index contributed by atoms with van der Waals surface area (Å²) >= 11 is 0. The second kappa shape index (κ2) is 49.0.